The van der Waals surface area contributed by atoms with Gasteiger partial charge in [0.05, 0.1) is 5.69 Å². The van der Waals surface area contributed by atoms with Crippen molar-refractivity contribution in [3.63, 3.8) is 0 Å². The minimum absolute atomic E-state index is 0.0275. The van der Waals surface area contributed by atoms with E-state index in [4.69, 9.17) is 19.9 Å². The van der Waals surface area contributed by atoms with Gasteiger partial charge in [-0.15, -0.1) is 0 Å². The Kier molecular flexibility index (Phi) is 7.07. The molecular formula is C25H38F3N3O2. The summed E-state index contributed by atoms with van der Waals surface area (Å²) in [5.74, 6) is 4.11. The van der Waals surface area contributed by atoms with Gasteiger partial charge in [0, 0.05) is 23.4 Å². The normalized spacial score (nSPS) is 28.8. The van der Waals surface area contributed by atoms with Crippen LogP contribution in [-0.2, 0) is 15.6 Å². The summed E-state index contributed by atoms with van der Waals surface area (Å²) in [4.78, 5) is 18.7. The Balaban J connectivity index is 0.000000383. The number of nitrogens with one attached hydrogen (secondary N) is 1. The number of carboxylic acid groups (broad SMARTS) is 1. The topological polar surface area (TPSA) is 75.1 Å². The minimum atomic E-state index is -5.08. The molecule has 33 heavy (non-hydrogen) atoms. The van der Waals surface area contributed by atoms with Crippen LogP contribution in [0.25, 0.3) is 0 Å². The number of aliphatic carboxylic acids is 1. The highest BCUT2D eigenvalue weighted by molar-refractivity contribution is 5.73. The van der Waals surface area contributed by atoms with Gasteiger partial charge in [0.15, 0.2) is 0 Å². The Labute approximate surface area is 195 Å². The van der Waals surface area contributed by atoms with Gasteiger partial charge in [-0.25, -0.2) is 14.8 Å². The summed E-state index contributed by atoms with van der Waals surface area (Å²) in [5, 5.41) is 10.9. The second-order valence-corrected chi connectivity index (χ2v) is 12.2. The highest BCUT2D eigenvalue weighted by Crippen LogP contribution is 2.56. The third-order valence-electron chi connectivity index (χ3n) is 7.35. The van der Waals surface area contributed by atoms with Gasteiger partial charge in [-0.3, -0.25) is 0 Å². The summed E-state index contributed by atoms with van der Waals surface area (Å²) >= 11 is 0. The second kappa shape index (κ2) is 9.06. The number of hydrogen-bond donors (Lipinski definition) is 2. The van der Waals surface area contributed by atoms with Crippen LogP contribution in [0.5, 0.6) is 0 Å². The Bertz CT molecular complexity index is 796. The van der Waals surface area contributed by atoms with Gasteiger partial charge >= 0.3 is 12.1 Å². The molecule has 2 N–H and O–H groups in total. The molecule has 4 fully saturated rings. The van der Waals surface area contributed by atoms with Crippen LogP contribution >= 0.6 is 0 Å². The van der Waals surface area contributed by atoms with E-state index in [1.54, 1.807) is 0 Å². The highest BCUT2D eigenvalue weighted by Gasteiger charge is 2.47. The van der Waals surface area contributed by atoms with Crippen molar-refractivity contribution < 1.29 is 23.1 Å². The van der Waals surface area contributed by atoms with Crippen LogP contribution in [-0.4, -0.2) is 33.8 Å². The van der Waals surface area contributed by atoms with Crippen molar-refractivity contribution in [2.45, 2.75) is 90.7 Å². The van der Waals surface area contributed by atoms with Crippen LogP contribution in [0.2, 0.25) is 0 Å². The Morgan fingerprint density at radius 1 is 0.939 bits per heavy atom. The van der Waals surface area contributed by atoms with Crippen molar-refractivity contribution in [2.75, 3.05) is 11.9 Å². The third kappa shape index (κ3) is 6.38. The molecule has 4 bridgehead atoms. The molecule has 0 spiro atoms. The quantitative estimate of drug-likeness (QED) is 0.552. The summed E-state index contributed by atoms with van der Waals surface area (Å²) < 4.78 is 31.7. The molecule has 0 saturated heterocycles. The Morgan fingerprint density at radius 3 is 1.82 bits per heavy atom. The zero-order valence-electron chi connectivity index (χ0n) is 20.6. The number of halogens is 3. The van der Waals surface area contributed by atoms with Crippen molar-refractivity contribution in [1.82, 2.24) is 9.97 Å². The van der Waals surface area contributed by atoms with E-state index in [1.807, 2.05) is 0 Å². The van der Waals surface area contributed by atoms with E-state index >= 15 is 0 Å². The number of anilines is 1. The van der Waals surface area contributed by atoms with E-state index in [1.165, 1.54) is 32.1 Å². The maximum absolute atomic E-state index is 10.6. The molecule has 4 aliphatic rings. The van der Waals surface area contributed by atoms with Gasteiger partial charge in [-0.1, -0.05) is 41.5 Å². The monoisotopic (exact) mass is 469 g/mol. The molecule has 1 aromatic rings. The zero-order valence-corrected chi connectivity index (χ0v) is 20.6. The second-order valence-electron chi connectivity index (χ2n) is 12.2. The average molecular weight is 470 g/mol. The van der Waals surface area contributed by atoms with E-state index in [2.05, 4.69) is 52.9 Å². The van der Waals surface area contributed by atoms with Crippen molar-refractivity contribution in [2.24, 2.45) is 29.6 Å². The lowest BCUT2D eigenvalue weighted by atomic mass is 9.52. The molecule has 0 atom stereocenters. The first kappa shape index (κ1) is 25.8. The first-order valence-corrected chi connectivity index (χ1v) is 12.0. The van der Waals surface area contributed by atoms with Crippen molar-refractivity contribution >= 4 is 11.8 Å². The van der Waals surface area contributed by atoms with Crippen LogP contribution in [0, 0.1) is 29.6 Å². The maximum atomic E-state index is 10.6. The van der Waals surface area contributed by atoms with E-state index in [0.717, 1.165) is 53.5 Å². The maximum Gasteiger partial charge on any atom is 0.490 e. The lowest BCUT2D eigenvalue weighted by molar-refractivity contribution is -0.192. The first-order valence-electron chi connectivity index (χ1n) is 12.0. The van der Waals surface area contributed by atoms with Crippen molar-refractivity contribution in [3.05, 3.63) is 17.6 Å². The summed E-state index contributed by atoms with van der Waals surface area (Å²) in [6.45, 7) is 14.4. The summed E-state index contributed by atoms with van der Waals surface area (Å²) in [7, 11) is 0. The Morgan fingerprint density at radius 2 is 1.42 bits per heavy atom. The number of aromatic nitrogens is 2. The fraction of sp³-hybridized carbons (Fsp3) is 0.800. The van der Waals surface area contributed by atoms with Gasteiger partial charge in [-0.2, -0.15) is 13.2 Å². The van der Waals surface area contributed by atoms with E-state index in [0.29, 0.717) is 0 Å². The molecule has 186 valence electrons. The van der Waals surface area contributed by atoms with Crippen LogP contribution in [0.3, 0.4) is 0 Å². The molecule has 8 heteroatoms. The molecule has 0 aromatic carbocycles. The Hall–Kier alpha value is -1.86. The smallest absolute Gasteiger partial charge is 0.475 e. The zero-order chi connectivity index (χ0) is 24.8. The molecule has 1 aromatic heterocycles. The number of carbonyl (C=O) groups is 1. The summed E-state index contributed by atoms with van der Waals surface area (Å²) in [6, 6.07) is 2.19. The fourth-order valence-electron chi connectivity index (χ4n) is 5.85. The number of rotatable bonds is 3. The van der Waals surface area contributed by atoms with Crippen LogP contribution < -0.4 is 5.32 Å². The van der Waals surface area contributed by atoms with E-state index < -0.39 is 12.1 Å². The highest BCUT2D eigenvalue weighted by atomic mass is 19.4. The van der Waals surface area contributed by atoms with Gasteiger partial charge in [0.1, 0.15) is 11.6 Å². The SMILES string of the molecule is CC(C)(C)c1cc(NCC2C3CC4CC(C3)CC2C4)nc(C(C)(C)C)n1.O=C(O)C(F)(F)F. The molecule has 5 rings (SSSR count). The lowest BCUT2D eigenvalue weighted by Gasteiger charge is -2.54. The van der Waals surface area contributed by atoms with Crippen molar-refractivity contribution in [3.8, 4) is 0 Å². The van der Waals surface area contributed by atoms with Crippen LogP contribution in [0.15, 0.2) is 6.07 Å². The largest absolute Gasteiger partial charge is 0.490 e. The third-order valence-corrected chi connectivity index (χ3v) is 7.35. The van der Waals surface area contributed by atoms with Crippen molar-refractivity contribution in [1.29, 1.82) is 0 Å². The molecule has 0 aliphatic heterocycles. The number of nitrogens with zero attached hydrogens (tertiary/aromatic N) is 2. The predicted molar refractivity (Wildman–Crippen MR) is 122 cm³/mol. The number of carboxylic acids is 1. The fourth-order valence-corrected chi connectivity index (χ4v) is 5.85. The average Bonchev–Trinajstić information content (AvgIpc) is 2.65. The van der Waals surface area contributed by atoms with Crippen LogP contribution in [0.4, 0.5) is 19.0 Å². The van der Waals surface area contributed by atoms with Crippen LogP contribution in [0.1, 0.15) is 85.2 Å². The molecule has 0 unspecified atom stereocenters. The van der Waals surface area contributed by atoms with Gasteiger partial charge in [0.25, 0.3) is 0 Å². The predicted octanol–water partition coefficient (Wildman–Crippen LogP) is 6.19. The van der Waals surface area contributed by atoms with E-state index in [-0.39, 0.29) is 10.8 Å². The van der Waals surface area contributed by atoms with Gasteiger partial charge < -0.3 is 10.4 Å². The molecule has 0 amide bonds. The molecule has 1 heterocycles. The molecule has 4 aliphatic carbocycles. The number of alkyl halides is 3. The molecule has 4 saturated carbocycles. The lowest BCUT2D eigenvalue weighted by Crippen LogP contribution is -2.47. The minimum Gasteiger partial charge on any atom is -0.475 e. The molecule has 0 radical (unpaired) electrons. The standard InChI is InChI=1S/C23H37N3.C2HF3O2/c1-22(2,3)19-12-20(26-21(25-19)23(4,5)6)24-13-18-16-8-14-7-15(10-16)11-17(18)9-14;3-2(4,5)1(6)7/h12,14-18H,7-11,13H2,1-6H3,(H,24,25,26);(H,6,7). The first-order chi connectivity index (χ1) is 15.0. The number of hydrogen-bond acceptors (Lipinski definition) is 4. The summed E-state index contributed by atoms with van der Waals surface area (Å²) in [6.07, 6.45) is 2.41. The van der Waals surface area contributed by atoms with Gasteiger partial charge in [0.2, 0.25) is 0 Å². The van der Waals surface area contributed by atoms with E-state index in [9.17, 15) is 13.2 Å². The molecule has 5 nitrogen and oxygen atoms in total. The molecular weight excluding hydrogens is 431 g/mol. The summed E-state index contributed by atoms with van der Waals surface area (Å²) in [5.41, 5.74) is 1.16. The van der Waals surface area contributed by atoms with Gasteiger partial charge in [-0.05, 0) is 61.7 Å².